The lowest BCUT2D eigenvalue weighted by Crippen LogP contribution is -2.40. The van der Waals surface area contributed by atoms with Crippen molar-refractivity contribution in [3.8, 4) is 6.07 Å². The van der Waals surface area contributed by atoms with Gasteiger partial charge in [0.1, 0.15) is 10.9 Å². The van der Waals surface area contributed by atoms with Crippen LogP contribution < -0.4 is 11.1 Å². The van der Waals surface area contributed by atoms with Gasteiger partial charge in [-0.25, -0.2) is 4.99 Å². The number of rotatable bonds is 5. The molecule has 0 saturated heterocycles. The van der Waals surface area contributed by atoms with E-state index in [1.807, 2.05) is 13.0 Å². The van der Waals surface area contributed by atoms with Crippen molar-refractivity contribution >= 4 is 17.3 Å². The van der Waals surface area contributed by atoms with Gasteiger partial charge in [-0.15, -0.1) is 11.3 Å². The predicted octanol–water partition coefficient (Wildman–Crippen LogP) is 1.06. The van der Waals surface area contributed by atoms with Gasteiger partial charge in [-0.05, 0) is 19.1 Å². The van der Waals surface area contributed by atoms with Crippen LogP contribution in [0.5, 0.6) is 0 Å². The fraction of sp³-hybridized carbons (Fsp3) is 0.455. The number of thiophene rings is 1. The van der Waals surface area contributed by atoms with Crippen LogP contribution in [0.15, 0.2) is 17.1 Å². The predicted molar refractivity (Wildman–Crippen MR) is 68.8 cm³/mol. The summed E-state index contributed by atoms with van der Waals surface area (Å²) in [7, 11) is 1.64. The monoisotopic (exact) mass is 252 g/mol. The summed E-state index contributed by atoms with van der Waals surface area (Å²) in [5.74, 6) is 0.390. The largest absolute Gasteiger partial charge is 0.383 e. The lowest BCUT2D eigenvalue weighted by Gasteiger charge is -2.12. The minimum absolute atomic E-state index is 0.127. The molecule has 17 heavy (non-hydrogen) atoms. The Labute approximate surface area is 105 Å². The quantitative estimate of drug-likeness (QED) is 0.606. The van der Waals surface area contributed by atoms with Crippen molar-refractivity contribution in [3.05, 3.63) is 21.9 Å². The zero-order chi connectivity index (χ0) is 12.7. The van der Waals surface area contributed by atoms with Gasteiger partial charge in [0.15, 0.2) is 5.96 Å². The summed E-state index contributed by atoms with van der Waals surface area (Å²) in [6.07, 6.45) is 0. The number of aliphatic imine (C=N–C) groups is 1. The Balaban J connectivity index is 2.44. The number of hydrogen-bond acceptors (Lipinski definition) is 4. The third-order valence-electron chi connectivity index (χ3n) is 1.99. The number of nitrogens with zero attached hydrogens (tertiary/aromatic N) is 2. The van der Waals surface area contributed by atoms with Crippen LogP contribution in [0, 0.1) is 11.3 Å². The highest BCUT2D eigenvalue weighted by Crippen LogP contribution is 2.15. The normalized spacial score (nSPS) is 13.1. The molecule has 0 radical (unpaired) electrons. The minimum atomic E-state index is 0.127. The van der Waals surface area contributed by atoms with Gasteiger partial charge >= 0.3 is 0 Å². The van der Waals surface area contributed by atoms with Gasteiger partial charge < -0.3 is 15.8 Å². The third-order valence-corrected chi connectivity index (χ3v) is 2.96. The average Bonchev–Trinajstić information content (AvgIpc) is 2.74. The molecule has 0 fully saturated rings. The fourth-order valence-corrected chi connectivity index (χ4v) is 2.01. The van der Waals surface area contributed by atoms with Crippen molar-refractivity contribution in [1.29, 1.82) is 5.26 Å². The van der Waals surface area contributed by atoms with Crippen molar-refractivity contribution in [2.45, 2.75) is 19.5 Å². The number of guanidine groups is 1. The van der Waals surface area contributed by atoms with E-state index in [2.05, 4.69) is 16.4 Å². The van der Waals surface area contributed by atoms with E-state index < -0.39 is 0 Å². The summed E-state index contributed by atoms with van der Waals surface area (Å²) in [5, 5.41) is 11.7. The molecule has 0 aromatic carbocycles. The first-order chi connectivity index (χ1) is 8.15. The molecule has 0 aliphatic heterocycles. The Hall–Kier alpha value is -1.58. The highest BCUT2D eigenvalue weighted by Gasteiger charge is 2.02. The van der Waals surface area contributed by atoms with Gasteiger partial charge in [-0.1, -0.05) is 0 Å². The van der Waals surface area contributed by atoms with Gasteiger partial charge in [0.2, 0.25) is 0 Å². The van der Waals surface area contributed by atoms with Crippen LogP contribution in [0.4, 0.5) is 0 Å². The first-order valence-corrected chi connectivity index (χ1v) is 6.01. The number of hydrogen-bond donors (Lipinski definition) is 2. The first kappa shape index (κ1) is 13.5. The summed E-state index contributed by atoms with van der Waals surface area (Å²) in [6.45, 7) is 3.03. The van der Waals surface area contributed by atoms with E-state index in [-0.39, 0.29) is 6.04 Å². The van der Waals surface area contributed by atoms with Gasteiger partial charge in [0.25, 0.3) is 0 Å². The Morgan fingerprint density at radius 3 is 3.06 bits per heavy atom. The topological polar surface area (TPSA) is 83.4 Å². The summed E-state index contributed by atoms with van der Waals surface area (Å²) in [6, 6.07) is 5.89. The molecule has 1 atom stereocenters. The van der Waals surface area contributed by atoms with Crippen LogP contribution in [0.3, 0.4) is 0 Å². The zero-order valence-corrected chi connectivity index (χ0v) is 10.8. The van der Waals surface area contributed by atoms with E-state index in [1.165, 1.54) is 11.3 Å². The van der Waals surface area contributed by atoms with E-state index >= 15 is 0 Å². The SMILES string of the molecule is COCC(C)NC(N)=NCc1ccc(C#N)s1. The molecule has 1 aromatic rings. The van der Waals surface area contributed by atoms with Crippen molar-refractivity contribution in [2.24, 2.45) is 10.7 Å². The Morgan fingerprint density at radius 1 is 1.71 bits per heavy atom. The van der Waals surface area contributed by atoms with Crippen molar-refractivity contribution in [2.75, 3.05) is 13.7 Å². The molecule has 1 heterocycles. The molecular formula is C11H16N4OS. The first-order valence-electron chi connectivity index (χ1n) is 5.20. The standard InChI is InChI=1S/C11H16N4OS/c1-8(7-16-2)15-11(13)14-6-10-4-3-9(5-12)17-10/h3-4,8H,6-7H2,1-2H3,(H3,13,14,15). The lowest BCUT2D eigenvalue weighted by atomic mass is 10.4. The molecule has 5 nitrogen and oxygen atoms in total. The van der Waals surface area contributed by atoms with Crippen LogP contribution in [-0.4, -0.2) is 25.7 Å². The Kier molecular flexibility index (Phi) is 5.46. The van der Waals surface area contributed by atoms with E-state index in [9.17, 15) is 0 Å². The van der Waals surface area contributed by atoms with Gasteiger partial charge in [-0.3, -0.25) is 0 Å². The minimum Gasteiger partial charge on any atom is -0.383 e. The number of nitrogens with one attached hydrogen (secondary N) is 1. The smallest absolute Gasteiger partial charge is 0.189 e. The summed E-state index contributed by atoms with van der Waals surface area (Å²) in [5.41, 5.74) is 5.71. The highest BCUT2D eigenvalue weighted by atomic mass is 32.1. The number of methoxy groups -OCH3 is 1. The van der Waals surface area contributed by atoms with Gasteiger partial charge in [0, 0.05) is 18.0 Å². The highest BCUT2D eigenvalue weighted by molar-refractivity contribution is 7.12. The maximum Gasteiger partial charge on any atom is 0.189 e. The number of nitrogens with two attached hydrogens (primary N) is 1. The maximum atomic E-state index is 8.68. The molecule has 1 unspecified atom stereocenters. The molecule has 6 heteroatoms. The van der Waals surface area contributed by atoms with Crippen molar-refractivity contribution in [3.63, 3.8) is 0 Å². The number of nitriles is 1. The Morgan fingerprint density at radius 2 is 2.47 bits per heavy atom. The molecule has 3 N–H and O–H groups in total. The summed E-state index contributed by atoms with van der Waals surface area (Å²) in [4.78, 5) is 5.90. The summed E-state index contributed by atoms with van der Waals surface area (Å²) >= 11 is 1.43. The second kappa shape index (κ2) is 6.89. The fourth-order valence-electron chi connectivity index (χ4n) is 1.28. The lowest BCUT2D eigenvalue weighted by molar-refractivity contribution is 0.179. The summed E-state index contributed by atoms with van der Waals surface area (Å²) < 4.78 is 4.98. The van der Waals surface area contributed by atoms with E-state index in [1.54, 1.807) is 13.2 Å². The number of ether oxygens (including phenoxy) is 1. The molecule has 0 aliphatic carbocycles. The molecule has 0 saturated carbocycles. The van der Waals surface area contributed by atoms with Crippen molar-refractivity contribution < 1.29 is 4.74 Å². The molecule has 1 rings (SSSR count). The van der Waals surface area contributed by atoms with E-state index in [0.29, 0.717) is 24.0 Å². The molecule has 1 aromatic heterocycles. The molecule has 0 spiro atoms. The zero-order valence-electron chi connectivity index (χ0n) is 9.93. The van der Waals surface area contributed by atoms with Crippen LogP contribution in [-0.2, 0) is 11.3 Å². The van der Waals surface area contributed by atoms with E-state index in [4.69, 9.17) is 15.7 Å². The third kappa shape index (κ3) is 4.85. The second-order valence-electron chi connectivity index (χ2n) is 3.58. The molecule has 0 bridgehead atoms. The van der Waals surface area contributed by atoms with Crippen LogP contribution in [0.2, 0.25) is 0 Å². The molecule has 0 amide bonds. The molecule has 0 aliphatic rings. The van der Waals surface area contributed by atoms with Gasteiger partial charge in [0.05, 0.1) is 13.2 Å². The molecular weight excluding hydrogens is 236 g/mol. The second-order valence-corrected chi connectivity index (χ2v) is 4.75. The average molecular weight is 252 g/mol. The van der Waals surface area contributed by atoms with Crippen LogP contribution in [0.1, 0.15) is 16.7 Å². The van der Waals surface area contributed by atoms with Crippen LogP contribution >= 0.6 is 11.3 Å². The Bertz CT molecular complexity index is 421. The van der Waals surface area contributed by atoms with Gasteiger partial charge in [-0.2, -0.15) is 5.26 Å². The van der Waals surface area contributed by atoms with Crippen molar-refractivity contribution in [1.82, 2.24) is 5.32 Å². The van der Waals surface area contributed by atoms with Crippen LogP contribution in [0.25, 0.3) is 0 Å². The van der Waals surface area contributed by atoms with E-state index in [0.717, 1.165) is 4.88 Å². The maximum absolute atomic E-state index is 8.68. The molecule has 92 valence electrons.